The number of rotatable bonds is 14. The van der Waals surface area contributed by atoms with E-state index in [0.717, 1.165) is 19.3 Å². The Morgan fingerprint density at radius 2 is 1.41 bits per heavy atom. The summed E-state index contributed by atoms with van der Waals surface area (Å²) in [6.07, 6.45) is 11.4. The van der Waals surface area contributed by atoms with E-state index in [2.05, 4.69) is 6.92 Å². The fourth-order valence-electron chi connectivity index (χ4n) is 3.33. The Kier molecular flexibility index (Phi) is 10.8. The van der Waals surface area contributed by atoms with E-state index in [1.807, 2.05) is 0 Å². The number of unbranched alkanes of at least 4 members (excludes halogenated alkanes) is 10. The minimum atomic E-state index is -4.57. The molecule has 160 valence electrons. The first kappa shape index (κ1) is 24.4. The normalized spacial score (nSPS) is 22.0. The molecule has 0 aliphatic carbocycles. The summed E-state index contributed by atoms with van der Waals surface area (Å²) >= 11 is 0. The van der Waals surface area contributed by atoms with Crippen LogP contribution < -0.4 is 0 Å². The van der Waals surface area contributed by atoms with E-state index in [-0.39, 0.29) is 6.42 Å². The molecule has 7 nitrogen and oxygen atoms in total. The lowest BCUT2D eigenvalue weighted by Crippen LogP contribution is -2.36. The largest absolute Gasteiger partial charge is 0.460 e. The summed E-state index contributed by atoms with van der Waals surface area (Å²) in [5, 5.41) is -1.58. The van der Waals surface area contributed by atoms with Crippen LogP contribution in [0.3, 0.4) is 0 Å². The first-order valence-corrected chi connectivity index (χ1v) is 13.3. The van der Waals surface area contributed by atoms with Crippen LogP contribution >= 0.6 is 0 Å². The molecule has 2 unspecified atom stereocenters. The van der Waals surface area contributed by atoms with Gasteiger partial charge in [-0.1, -0.05) is 71.1 Å². The van der Waals surface area contributed by atoms with Crippen molar-refractivity contribution >= 4 is 25.9 Å². The van der Waals surface area contributed by atoms with Gasteiger partial charge in [-0.05, 0) is 6.42 Å². The highest BCUT2D eigenvalue weighted by Crippen LogP contribution is 2.22. The minimum absolute atomic E-state index is 0.131. The van der Waals surface area contributed by atoms with Crippen molar-refractivity contribution in [2.45, 2.75) is 95.3 Å². The second kappa shape index (κ2) is 12.0. The third-order valence-corrected chi connectivity index (χ3v) is 8.05. The molecule has 2 atom stereocenters. The highest BCUT2D eigenvalue weighted by molar-refractivity contribution is 7.94. The maximum Gasteiger partial charge on any atom is 0.306 e. The minimum Gasteiger partial charge on any atom is -0.460 e. The first-order chi connectivity index (χ1) is 12.7. The molecule has 0 radical (unpaired) electrons. The predicted octanol–water partition coefficient (Wildman–Crippen LogP) is 3.28. The van der Waals surface area contributed by atoms with E-state index in [1.165, 1.54) is 44.9 Å². The summed E-state index contributed by atoms with van der Waals surface area (Å²) in [6.45, 7) is 2.21. The van der Waals surface area contributed by atoms with E-state index >= 15 is 0 Å². The summed E-state index contributed by atoms with van der Waals surface area (Å²) in [6, 6.07) is 0. The zero-order chi connectivity index (χ0) is 20.3. The van der Waals surface area contributed by atoms with Crippen LogP contribution in [0.5, 0.6) is 0 Å². The fourth-order valence-corrected chi connectivity index (χ4v) is 6.95. The van der Waals surface area contributed by atoms with Crippen molar-refractivity contribution in [1.82, 2.24) is 0 Å². The maximum atomic E-state index is 11.8. The fraction of sp³-hybridized carbons (Fsp3) is 0.944. The van der Waals surface area contributed by atoms with E-state index < -0.39 is 48.8 Å². The average molecular weight is 427 g/mol. The SMILES string of the molecule is CCCCCCCCCCCCCC(=O)OC1CS(=O)(=O)CC1S(=O)(=O)O. The lowest BCUT2D eigenvalue weighted by atomic mass is 10.1. The zero-order valence-corrected chi connectivity index (χ0v) is 17.9. The Balaban J connectivity index is 2.13. The van der Waals surface area contributed by atoms with Gasteiger partial charge in [-0.2, -0.15) is 8.42 Å². The van der Waals surface area contributed by atoms with E-state index in [0.29, 0.717) is 6.42 Å². The number of ether oxygens (including phenoxy) is 1. The van der Waals surface area contributed by atoms with Gasteiger partial charge in [0.05, 0.1) is 11.5 Å². The van der Waals surface area contributed by atoms with Crippen LogP contribution in [0, 0.1) is 0 Å². The molecular weight excluding hydrogens is 392 g/mol. The molecule has 0 saturated carbocycles. The van der Waals surface area contributed by atoms with Crippen LogP contribution in [0.25, 0.3) is 0 Å². The number of hydrogen-bond donors (Lipinski definition) is 1. The van der Waals surface area contributed by atoms with Crippen LogP contribution in [-0.4, -0.2) is 50.2 Å². The van der Waals surface area contributed by atoms with Crippen molar-refractivity contribution in [3.05, 3.63) is 0 Å². The van der Waals surface area contributed by atoms with Gasteiger partial charge in [-0.25, -0.2) is 8.42 Å². The molecule has 0 aromatic carbocycles. The maximum absolute atomic E-state index is 11.8. The van der Waals surface area contributed by atoms with Gasteiger partial charge in [0.25, 0.3) is 10.1 Å². The van der Waals surface area contributed by atoms with Gasteiger partial charge in [-0.15, -0.1) is 0 Å². The number of esters is 1. The lowest BCUT2D eigenvalue weighted by Gasteiger charge is -2.16. The number of hydrogen-bond acceptors (Lipinski definition) is 6. The molecule has 1 saturated heterocycles. The van der Waals surface area contributed by atoms with Gasteiger partial charge in [0.2, 0.25) is 0 Å². The van der Waals surface area contributed by atoms with Crippen LogP contribution in [0.15, 0.2) is 0 Å². The molecule has 1 N–H and O–H groups in total. The summed E-state index contributed by atoms with van der Waals surface area (Å²) in [5.41, 5.74) is 0. The number of carbonyl (C=O) groups is 1. The quantitative estimate of drug-likeness (QED) is 0.257. The third kappa shape index (κ3) is 10.4. The average Bonchev–Trinajstić information content (AvgIpc) is 2.87. The second-order valence-corrected chi connectivity index (χ2v) is 11.2. The smallest absolute Gasteiger partial charge is 0.306 e. The standard InChI is InChI=1S/C18H34O7S2/c1-2-3-4-5-6-7-8-9-10-11-12-13-18(19)25-16-14-26(20,21)15-17(16)27(22,23)24/h16-17H,2-15H2,1H3,(H,22,23,24). The van der Waals surface area contributed by atoms with Crippen LogP contribution in [-0.2, 0) is 29.5 Å². The van der Waals surface area contributed by atoms with Crippen molar-refractivity contribution in [1.29, 1.82) is 0 Å². The molecule has 1 heterocycles. The molecule has 0 amide bonds. The Morgan fingerprint density at radius 1 is 0.926 bits per heavy atom. The highest BCUT2D eigenvalue weighted by Gasteiger charge is 2.47. The van der Waals surface area contributed by atoms with Crippen molar-refractivity contribution in [3.63, 3.8) is 0 Å². The third-order valence-electron chi connectivity index (χ3n) is 4.90. The molecule has 0 spiro atoms. The van der Waals surface area contributed by atoms with Crippen molar-refractivity contribution in [2.75, 3.05) is 11.5 Å². The Labute approximate surface area is 163 Å². The van der Waals surface area contributed by atoms with Crippen LogP contribution in [0.2, 0.25) is 0 Å². The summed E-state index contributed by atoms with van der Waals surface area (Å²) in [5.74, 6) is -1.87. The van der Waals surface area contributed by atoms with Crippen molar-refractivity contribution in [2.24, 2.45) is 0 Å². The van der Waals surface area contributed by atoms with E-state index in [1.54, 1.807) is 0 Å². The molecular formula is C18H34O7S2. The van der Waals surface area contributed by atoms with Crippen LogP contribution in [0.1, 0.15) is 84.0 Å². The monoisotopic (exact) mass is 426 g/mol. The summed E-state index contributed by atoms with van der Waals surface area (Å²) in [4.78, 5) is 11.8. The highest BCUT2D eigenvalue weighted by atomic mass is 32.2. The van der Waals surface area contributed by atoms with Gasteiger partial charge in [0.15, 0.2) is 9.84 Å². The van der Waals surface area contributed by atoms with E-state index in [4.69, 9.17) is 9.29 Å². The van der Waals surface area contributed by atoms with Crippen molar-refractivity contribution < 1.29 is 30.9 Å². The van der Waals surface area contributed by atoms with Crippen LogP contribution in [0.4, 0.5) is 0 Å². The summed E-state index contributed by atoms with van der Waals surface area (Å²) < 4.78 is 59.8. The molecule has 0 bridgehead atoms. The summed E-state index contributed by atoms with van der Waals surface area (Å²) in [7, 11) is -8.21. The molecule has 27 heavy (non-hydrogen) atoms. The molecule has 9 heteroatoms. The van der Waals surface area contributed by atoms with Gasteiger partial charge in [0, 0.05) is 6.42 Å². The molecule has 0 aromatic rings. The first-order valence-electron chi connectivity index (χ1n) is 10.0. The zero-order valence-electron chi connectivity index (χ0n) is 16.3. The van der Waals surface area contributed by atoms with Crippen molar-refractivity contribution in [3.8, 4) is 0 Å². The van der Waals surface area contributed by atoms with Gasteiger partial charge in [0.1, 0.15) is 11.4 Å². The topological polar surface area (TPSA) is 115 Å². The lowest BCUT2D eigenvalue weighted by molar-refractivity contribution is -0.147. The van der Waals surface area contributed by atoms with Gasteiger partial charge in [-0.3, -0.25) is 9.35 Å². The van der Waals surface area contributed by atoms with Gasteiger partial charge < -0.3 is 4.74 Å². The van der Waals surface area contributed by atoms with Gasteiger partial charge >= 0.3 is 5.97 Å². The molecule has 1 fully saturated rings. The predicted molar refractivity (Wildman–Crippen MR) is 105 cm³/mol. The molecule has 1 aliphatic heterocycles. The number of sulfone groups is 1. The Morgan fingerprint density at radius 3 is 1.89 bits per heavy atom. The number of carbonyl (C=O) groups excluding carboxylic acids is 1. The van der Waals surface area contributed by atoms with E-state index in [9.17, 15) is 21.6 Å². The molecule has 1 aliphatic rings. The Hall–Kier alpha value is -0.670. The molecule has 1 rings (SSSR count). The second-order valence-electron chi connectivity index (χ2n) is 7.44. The molecule has 0 aromatic heterocycles. The Bertz CT molecular complexity index is 641.